The summed E-state index contributed by atoms with van der Waals surface area (Å²) < 4.78 is 10.6. The Balaban J connectivity index is 1.95. The minimum absolute atomic E-state index is 0.0422. The van der Waals surface area contributed by atoms with Crippen molar-refractivity contribution in [3.63, 3.8) is 0 Å². The average Bonchev–Trinajstić information content (AvgIpc) is 2.56. The molecule has 5 heteroatoms. The van der Waals surface area contributed by atoms with Crippen molar-refractivity contribution in [3.05, 3.63) is 48.5 Å². The van der Waals surface area contributed by atoms with Gasteiger partial charge in [-0.3, -0.25) is 4.79 Å². The number of amides is 1. The lowest BCUT2D eigenvalue weighted by atomic mass is 10.3. The summed E-state index contributed by atoms with van der Waals surface area (Å²) in [5.74, 6) is 1.51. The largest absolute Gasteiger partial charge is 0.497 e. The highest BCUT2D eigenvalue weighted by Crippen LogP contribution is 2.26. The molecule has 0 aliphatic rings. The Morgan fingerprint density at radius 1 is 1.17 bits per heavy atom. The monoisotopic (exact) mass is 331 g/mol. The van der Waals surface area contributed by atoms with Gasteiger partial charge >= 0.3 is 0 Å². The molecule has 2 aromatic rings. The first kappa shape index (κ1) is 17.2. The number of carbonyl (C=O) groups excluding carboxylic acids is 1. The summed E-state index contributed by atoms with van der Waals surface area (Å²) in [6.07, 6.45) is 0. The number of methoxy groups -OCH3 is 1. The highest BCUT2D eigenvalue weighted by atomic mass is 32.2. The van der Waals surface area contributed by atoms with Gasteiger partial charge in [0, 0.05) is 16.6 Å². The summed E-state index contributed by atoms with van der Waals surface area (Å²) in [4.78, 5) is 13.3. The van der Waals surface area contributed by atoms with Crippen molar-refractivity contribution in [3.8, 4) is 11.5 Å². The van der Waals surface area contributed by atoms with E-state index in [1.54, 1.807) is 7.11 Å². The first-order chi connectivity index (χ1) is 11.1. The second-order valence-corrected chi connectivity index (χ2v) is 6.30. The third kappa shape index (κ3) is 5.21. The van der Waals surface area contributed by atoms with Crippen molar-refractivity contribution in [2.24, 2.45) is 0 Å². The number of rotatable bonds is 7. The zero-order valence-corrected chi connectivity index (χ0v) is 14.4. The van der Waals surface area contributed by atoms with E-state index in [4.69, 9.17) is 9.47 Å². The van der Waals surface area contributed by atoms with Gasteiger partial charge in [-0.05, 0) is 50.2 Å². The third-order valence-electron chi connectivity index (χ3n) is 3.15. The van der Waals surface area contributed by atoms with Gasteiger partial charge in [0.15, 0.2) is 0 Å². The lowest BCUT2D eigenvalue weighted by molar-refractivity contribution is -0.115. The lowest BCUT2D eigenvalue weighted by Gasteiger charge is -2.13. The second kappa shape index (κ2) is 8.48. The van der Waals surface area contributed by atoms with Crippen LogP contribution in [0.15, 0.2) is 53.4 Å². The average molecular weight is 331 g/mol. The van der Waals surface area contributed by atoms with Crippen molar-refractivity contribution in [1.82, 2.24) is 0 Å². The zero-order valence-electron chi connectivity index (χ0n) is 13.5. The molecule has 1 N–H and O–H groups in total. The zero-order chi connectivity index (χ0) is 16.7. The van der Waals surface area contributed by atoms with Gasteiger partial charge in [0.1, 0.15) is 11.5 Å². The summed E-state index contributed by atoms with van der Waals surface area (Å²) in [6.45, 7) is 4.41. The Kier molecular flexibility index (Phi) is 6.35. The summed E-state index contributed by atoms with van der Waals surface area (Å²) in [7, 11) is 1.63. The number of benzene rings is 2. The number of hydrogen-bond donors (Lipinski definition) is 1. The Bertz CT molecular complexity index is 643. The molecule has 4 nitrogen and oxygen atoms in total. The molecule has 0 spiro atoms. The summed E-state index contributed by atoms with van der Waals surface area (Å²) in [5, 5.41) is 2.71. The van der Waals surface area contributed by atoms with Crippen LogP contribution >= 0.6 is 11.8 Å². The van der Waals surface area contributed by atoms with Gasteiger partial charge in [0.2, 0.25) is 5.91 Å². The van der Waals surface area contributed by atoms with E-state index in [9.17, 15) is 4.79 Å². The first-order valence-electron chi connectivity index (χ1n) is 7.46. The van der Waals surface area contributed by atoms with Crippen molar-refractivity contribution >= 4 is 23.4 Å². The van der Waals surface area contributed by atoms with Crippen LogP contribution in [-0.4, -0.2) is 24.9 Å². The molecule has 1 amide bonds. The van der Waals surface area contributed by atoms with E-state index in [0.29, 0.717) is 6.61 Å². The van der Waals surface area contributed by atoms with E-state index in [1.807, 2.05) is 62.4 Å². The molecule has 2 rings (SSSR count). The molecule has 0 saturated carbocycles. The topological polar surface area (TPSA) is 47.6 Å². The Morgan fingerprint density at radius 2 is 1.91 bits per heavy atom. The molecule has 0 bridgehead atoms. The van der Waals surface area contributed by atoms with Gasteiger partial charge in [-0.15, -0.1) is 11.8 Å². The van der Waals surface area contributed by atoms with Crippen LogP contribution in [-0.2, 0) is 4.79 Å². The Hall–Kier alpha value is -2.14. The Morgan fingerprint density at radius 3 is 2.57 bits per heavy atom. The SMILES string of the molecule is CCOc1cccc(NC(=O)C(C)Sc2ccc(OC)cc2)c1. The standard InChI is InChI=1S/C18H21NO3S/c1-4-22-16-7-5-6-14(12-16)19-18(20)13(2)23-17-10-8-15(21-3)9-11-17/h5-13H,4H2,1-3H3,(H,19,20). The van der Waals surface area contributed by atoms with Gasteiger partial charge in [-0.2, -0.15) is 0 Å². The maximum Gasteiger partial charge on any atom is 0.237 e. The van der Waals surface area contributed by atoms with E-state index >= 15 is 0 Å². The molecule has 2 aromatic carbocycles. The summed E-state index contributed by atoms with van der Waals surface area (Å²) >= 11 is 1.51. The predicted octanol–water partition coefficient (Wildman–Crippen LogP) is 4.21. The molecular formula is C18H21NO3S. The van der Waals surface area contributed by atoms with Crippen LogP contribution in [0, 0.1) is 0 Å². The highest BCUT2D eigenvalue weighted by Gasteiger charge is 2.15. The number of carbonyl (C=O) groups is 1. The van der Waals surface area contributed by atoms with E-state index in [1.165, 1.54) is 11.8 Å². The molecule has 0 saturated heterocycles. The molecule has 23 heavy (non-hydrogen) atoms. The summed E-state index contributed by atoms with van der Waals surface area (Å²) in [6, 6.07) is 15.1. The van der Waals surface area contributed by atoms with Crippen LogP contribution in [0.1, 0.15) is 13.8 Å². The quantitative estimate of drug-likeness (QED) is 0.772. The van der Waals surface area contributed by atoms with Gasteiger partial charge in [0.05, 0.1) is 19.0 Å². The Labute approximate surface area is 141 Å². The van der Waals surface area contributed by atoms with E-state index in [-0.39, 0.29) is 11.2 Å². The van der Waals surface area contributed by atoms with Crippen LogP contribution in [0.5, 0.6) is 11.5 Å². The normalized spacial score (nSPS) is 11.6. The lowest BCUT2D eigenvalue weighted by Crippen LogP contribution is -2.22. The van der Waals surface area contributed by atoms with E-state index < -0.39 is 0 Å². The van der Waals surface area contributed by atoms with Gasteiger partial charge < -0.3 is 14.8 Å². The first-order valence-corrected chi connectivity index (χ1v) is 8.34. The van der Waals surface area contributed by atoms with E-state index in [0.717, 1.165) is 22.1 Å². The van der Waals surface area contributed by atoms with Crippen molar-refractivity contribution in [2.45, 2.75) is 24.0 Å². The predicted molar refractivity (Wildman–Crippen MR) is 94.6 cm³/mol. The van der Waals surface area contributed by atoms with Crippen molar-refractivity contribution < 1.29 is 14.3 Å². The minimum atomic E-state index is -0.209. The molecule has 0 fully saturated rings. The molecule has 122 valence electrons. The smallest absolute Gasteiger partial charge is 0.237 e. The molecule has 0 aliphatic heterocycles. The fraction of sp³-hybridized carbons (Fsp3) is 0.278. The van der Waals surface area contributed by atoms with Crippen molar-refractivity contribution in [2.75, 3.05) is 19.0 Å². The van der Waals surface area contributed by atoms with Crippen LogP contribution in [0.4, 0.5) is 5.69 Å². The van der Waals surface area contributed by atoms with Crippen LogP contribution in [0.2, 0.25) is 0 Å². The van der Waals surface area contributed by atoms with Crippen LogP contribution in [0.3, 0.4) is 0 Å². The van der Waals surface area contributed by atoms with Crippen LogP contribution < -0.4 is 14.8 Å². The number of hydrogen-bond acceptors (Lipinski definition) is 4. The van der Waals surface area contributed by atoms with E-state index in [2.05, 4.69) is 5.32 Å². The number of ether oxygens (including phenoxy) is 2. The molecular weight excluding hydrogens is 310 g/mol. The van der Waals surface area contributed by atoms with Crippen LogP contribution in [0.25, 0.3) is 0 Å². The molecule has 0 aliphatic carbocycles. The fourth-order valence-electron chi connectivity index (χ4n) is 1.99. The maximum absolute atomic E-state index is 12.3. The fourth-order valence-corrected chi connectivity index (χ4v) is 2.85. The highest BCUT2D eigenvalue weighted by molar-refractivity contribution is 8.00. The number of anilines is 1. The third-order valence-corrected chi connectivity index (χ3v) is 4.27. The molecule has 0 radical (unpaired) electrons. The van der Waals surface area contributed by atoms with Gasteiger partial charge in [0.25, 0.3) is 0 Å². The molecule has 1 unspecified atom stereocenters. The maximum atomic E-state index is 12.3. The van der Waals surface area contributed by atoms with Gasteiger partial charge in [-0.25, -0.2) is 0 Å². The summed E-state index contributed by atoms with van der Waals surface area (Å²) in [5.41, 5.74) is 0.739. The number of thioether (sulfide) groups is 1. The molecule has 0 aromatic heterocycles. The molecule has 1 atom stereocenters. The number of nitrogens with one attached hydrogen (secondary N) is 1. The van der Waals surface area contributed by atoms with Crippen molar-refractivity contribution in [1.29, 1.82) is 0 Å². The minimum Gasteiger partial charge on any atom is -0.497 e. The second-order valence-electron chi connectivity index (χ2n) is 4.89. The molecule has 0 heterocycles. The van der Waals surface area contributed by atoms with Gasteiger partial charge in [-0.1, -0.05) is 6.07 Å².